The summed E-state index contributed by atoms with van der Waals surface area (Å²) in [6, 6.07) is 24.0. The number of ether oxygens (including phenoxy) is 1. The number of para-hydroxylation sites is 1. The van der Waals surface area contributed by atoms with Gasteiger partial charge in [-0.2, -0.15) is 0 Å². The van der Waals surface area contributed by atoms with Gasteiger partial charge in [-0.3, -0.25) is 0 Å². The SMILES string of the molecule is CCCCCCOc1ccc(-c2ccc3c(c2)c2ccccc2n3CC)cc1. The molecule has 28 heavy (non-hydrogen) atoms. The van der Waals surface area contributed by atoms with Crippen LogP contribution in [0, 0.1) is 0 Å². The molecule has 0 unspecified atom stereocenters. The van der Waals surface area contributed by atoms with Crippen molar-refractivity contribution in [1.29, 1.82) is 0 Å². The number of hydrogen-bond acceptors (Lipinski definition) is 1. The third-order valence-electron chi connectivity index (χ3n) is 5.54. The van der Waals surface area contributed by atoms with Crippen LogP contribution in [0.3, 0.4) is 0 Å². The van der Waals surface area contributed by atoms with E-state index >= 15 is 0 Å². The highest BCUT2D eigenvalue weighted by Gasteiger charge is 2.10. The molecule has 0 fully saturated rings. The van der Waals surface area contributed by atoms with E-state index in [1.807, 2.05) is 0 Å². The molecule has 0 saturated heterocycles. The summed E-state index contributed by atoms with van der Waals surface area (Å²) in [5.41, 5.74) is 5.10. The predicted octanol–water partition coefficient (Wildman–Crippen LogP) is 7.44. The van der Waals surface area contributed by atoms with Crippen LogP contribution in [0.1, 0.15) is 39.5 Å². The van der Waals surface area contributed by atoms with Crippen molar-refractivity contribution in [2.24, 2.45) is 0 Å². The zero-order valence-electron chi connectivity index (χ0n) is 16.9. The molecule has 3 aromatic carbocycles. The molecule has 0 N–H and O–H groups in total. The maximum absolute atomic E-state index is 5.89. The summed E-state index contributed by atoms with van der Waals surface area (Å²) in [7, 11) is 0. The van der Waals surface area contributed by atoms with Crippen LogP contribution in [-0.4, -0.2) is 11.2 Å². The molecule has 0 spiro atoms. The molecule has 4 rings (SSSR count). The lowest BCUT2D eigenvalue weighted by Crippen LogP contribution is -1.96. The third-order valence-corrected chi connectivity index (χ3v) is 5.54. The summed E-state index contributed by atoms with van der Waals surface area (Å²) in [6.07, 6.45) is 4.93. The van der Waals surface area contributed by atoms with Gasteiger partial charge >= 0.3 is 0 Å². The average Bonchev–Trinajstić information content (AvgIpc) is 3.07. The van der Waals surface area contributed by atoms with E-state index in [1.54, 1.807) is 0 Å². The monoisotopic (exact) mass is 371 g/mol. The molecule has 2 heteroatoms. The standard InChI is InChI=1S/C26H29NO/c1-3-5-6-9-18-28-22-15-12-20(13-16-22)21-14-17-26-24(19-21)23-10-7-8-11-25(23)27(26)4-2/h7-8,10-17,19H,3-6,9,18H2,1-2H3. The molecule has 2 nitrogen and oxygen atoms in total. The number of fused-ring (bicyclic) bond motifs is 3. The van der Waals surface area contributed by atoms with Crippen LogP contribution >= 0.6 is 0 Å². The Morgan fingerprint density at radius 1 is 0.714 bits per heavy atom. The molecule has 144 valence electrons. The molecule has 4 aromatic rings. The molecule has 0 aliphatic carbocycles. The van der Waals surface area contributed by atoms with E-state index in [1.165, 1.54) is 52.2 Å². The van der Waals surface area contributed by atoms with Gasteiger partial charge in [0.05, 0.1) is 6.61 Å². The van der Waals surface area contributed by atoms with Crippen LogP contribution in [0.4, 0.5) is 0 Å². The Balaban J connectivity index is 1.58. The molecular weight excluding hydrogens is 342 g/mol. The normalized spacial score (nSPS) is 11.4. The average molecular weight is 372 g/mol. The Kier molecular flexibility index (Phi) is 5.66. The highest BCUT2D eigenvalue weighted by atomic mass is 16.5. The first-order chi connectivity index (χ1) is 13.8. The number of unbranched alkanes of at least 4 members (excludes halogenated alkanes) is 3. The van der Waals surface area contributed by atoms with Crippen LogP contribution < -0.4 is 4.74 Å². The van der Waals surface area contributed by atoms with Crippen LogP contribution in [0.5, 0.6) is 5.75 Å². The number of aryl methyl sites for hydroxylation is 1. The molecule has 0 aliphatic heterocycles. The lowest BCUT2D eigenvalue weighted by Gasteiger charge is -2.08. The summed E-state index contributed by atoms with van der Waals surface area (Å²) >= 11 is 0. The quantitative estimate of drug-likeness (QED) is 0.294. The van der Waals surface area contributed by atoms with Gasteiger partial charge in [-0.1, -0.05) is 62.6 Å². The Labute approximate surface area is 167 Å². The molecule has 0 bridgehead atoms. The summed E-state index contributed by atoms with van der Waals surface area (Å²) in [5.74, 6) is 0.962. The summed E-state index contributed by atoms with van der Waals surface area (Å²) in [6.45, 7) is 6.23. The molecular formula is C26H29NO. The van der Waals surface area contributed by atoms with E-state index in [0.29, 0.717) is 0 Å². The van der Waals surface area contributed by atoms with Gasteiger partial charge in [0.2, 0.25) is 0 Å². The summed E-state index contributed by atoms with van der Waals surface area (Å²) < 4.78 is 8.28. The fraction of sp³-hybridized carbons (Fsp3) is 0.308. The van der Waals surface area contributed by atoms with Crippen molar-refractivity contribution in [3.8, 4) is 16.9 Å². The topological polar surface area (TPSA) is 14.2 Å². The van der Waals surface area contributed by atoms with Gasteiger partial charge in [-0.15, -0.1) is 0 Å². The molecule has 0 atom stereocenters. The van der Waals surface area contributed by atoms with Crippen molar-refractivity contribution in [3.05, 3.63) is 66.7 Å². The summed E-state index contributed by atoms with van der Waals surface area (Å²) in [4.78, 5) is 0. The molecule has 0 amide bonds. The molecule has 0 saturated carbocycles. The van der Waals surface area contributed by atoms with E-state index in [4.69, 9.17) is 4.74 Å². The fourth-order valence-electron chi connectivity index (χ4n) is 4.04. The van der Waals surface area contributed by atoms with Gasteiger partial charge in [-0.05, 0) is 54.8 Å². The van der Waals surface area contributed by atoms with Crippen LogP contribution in [0.15, 0.2) is 66.7 Å². The zero-order chi connectivity index (χ0) is 19.3. The van der Waals surface area contributed by atoms with Gasteiger partial charge in [0.1, 0.15) is 5.75 Å². The Morgan fingerprint density at radius 2 is 1.46 bits per heavy atom. The first-order valence-electron chi connectivity index (χ1n) is 10.6. The highest BCUT2D eigenvalue weighted by Crippen LogP contribution is 2.33. The highest BCUT2D eigenvalue weighted by molar-refractivity contribution is 6.09. The number of nitrogens with zero attached hydrogens (tertiary/aromatic N) is 1. The van der Waals surface area contributed by atoms with Gasteiger partial charge in [0.25, 0.3) is 0 Å². The second-order valence-electron chi connectivity index (χ2n) is 7.43. The lowest BCUT2D eigenvalue weighted by molar-refractivity contribution is 0.305. The predicted molar refractivity (Wildman–Crippen MR) is 120 cm³/mol. The lowest BCUT2D eigenvalue weighted by atomic mass is 10.0. The van der Waals surface area contributed by atoms with Crippen molar-refractivity contribution in [1.82, 2.24) is 4.57 Å². The Bertz CT molecular complexity index is 1060. The third kappa shape index (κ3) is 3.64. The minimum absolute atomic E-state index is 0.807. The largest absolute Gasteiger partial charge is 0.494 e. The molecule has 0 aliphatic rings. The minimum atomic E-state index is 0.807. The first-order valence-corrected chi connectivity index (χ1v) is 10.6. The number of aromatic nitrogens is 1. The Hall–Kier alpha value is -2.74. The van der Waals surface area contributed by atoms with Crippen molar-refractivity contribution in [3.63, 3.8) is 0 Å². The second kappa shape index (κ2) is 8.52. The molecule has 0 radical (unpaired) electrons. The van der Waals surface area contributed by atoms with Gasteiger partial charge in [0, 0.05) is 28.4 Å². The van der Waals surface area contributed by atoms with E-state index < -0.39 is 0 Å². The minimum Gasteiger partial charge on any atom is -0.494 e. The van der Waals surface area contributed by atoms with Gasteiger partial charge in [-0.25, -0.2) is 0 Å². The van der Waals surface area contributed by atoms with Crippen molar-refractivity contribution >= 4 is 21.8 Å². The van der Waals surface area contributed by atoms with E-state index in [9.17, 15) is 0 Å². The molecule has 1 aromatic heterocycles. The molecule has 1 heterocycles. The van der Waals surface area contributed by atoms with E-state index in [2.05, 4.69) is 85.1 Å². The van der Waals surface area contributed by atoms with Gasteiger partial charge in [0.15, 0.2) is 0 Å². The second-order valence-corrected chi connectivity index (χ2v) is 7.43. The maximum Gasteiger partial charge on any atom is 0.119 e. The van der Waals surface area contributed by atoms with Gasteiger partial charge < -0.3 is 9.30 Å². The van der Waals surface area contributed by atoms with Crippen LogP contribution in [0.2, 0.25) is 0 Å². The zero-order valence-corrected chi connectivity index (χ0v) is 16.9. The van der Waals surface area contributed by atoms with E-state index in [-0.39, 0.29) is 0 Å². The summed E-state index contributed by atoms with van der Waals surface area (Å²) in [5, 5.41) is 2.65. The number of rotatable bonds is 8. The van der Waals surface area contributed by atoms with Crippen molar-refractivity contribution in [2.45, 2.75) is 46.1 Å². The van der Waals surface area contributed by atoms with E-state index in [0.717, 1.165) is 25.3 Å². The number of benzene rings is 3. The van der Waals surface area contributed by atoms with Crippen molar-refractivity contribution < 1.29 is 4.74 Å². The number of hydrogen-bond donors (Lipinski definition) is 0. The van der Waals surface area contributed by atoms with Crippen LogP contribution in [0.25, 0.3) is 32.9 Å². The maximum atomic E-state index is 5.89. The first kappa shape index (κ1) is 18.6. The fourth-order valence-corrected chi connectivity index (χ4v) is 4.04. The van der Waals surface area contributed by atoms with Crippen molar-refractivity contribution in [2.75, 3.05) is 6.61 Å². The smallest absolute Gasteiger partial charge is 0.119 e. The van der Waals surface area contributed by atoms with Crippen LogP contribution in [-0.2, 0) is 6.54 Å². The Morgan fingerprint density at radius 3 is 2.25 bits per heavy atom.